The van der Waals surface area contributed by atoms with Crippen LogP contribution in [0.5, 0.6) is 17.2 Å². The summed E-state index contributed by atoms with van der Waals surface area (Å²) in [6.45, 7) is 1.01. The van der Waals surface area contributed by atoms with E-state index in [9.17, 15) is 18.0 Å². The van der Waals surface area contributed by atoms with Crippen LogP contribution in [0.25, 0.3) is 0 Å². The van der Waals surface area contributed by atoms with Crippen molar-refractivity contribution in [1.82, 2.24) is 4.31 Å². The van der Waals surface area contributed by atoms with E-state index in [4.69, 9.17) is 14.2 Å². The summed E-state index contributed by atoms with van der Waals surface area (Å²) in [4.78, 5) is 28.2. The van der Waals surface area contributed by atoms with Gasteiger partial charge in [0, 0.05) is 48.6 Å². The summed E-state index contributed by atoms with van der Waals surface area (Å²) < 4.78 is 43.5. The van der Waals surface area contributed by atoms with E-state index in [1.807, 2.05) is 18.2 Å². The molecular weight excluding hydrogens is 546 g/mol. The van der Waals surface area contributed by atoms with Crippen LogP contribution in [0.2, 0.25) is 0 Å². The molecule has 2 aliphatic rings. The number of hydrogen-bond donors (Lipinski definition) is 1. The van der Waals surface area contributed by atoms with Gasteiger partial charge in [-0.2, -0.15) is 4.31 Å². The van der Waals surface area contributed by atoms with Gasteiger partial charge in [0.25, 0.3) is 5.91 Å². The fourth-order valence-electron chi connectivity index (χ4n) is 5.29. The van der Waals surface area contributed by atoms with E-state index >= 15 is 0 Å². The van der Waals surface area contributed by atoms with Crippen LogP contribution < -0.4 is 24.4 Å². The van der Waals surface area contributed by atoms with Crippen LogP contribution in [0.3, 0.4) is 0 Å². The van der Waals surface area contributed by atoms with Gasteiger partial charge in [-0.15, -0.1) is 0 Å². The third-order valence-electron chi connectivity index (χ3n) is 7.65. The number of carbonyl (C=O) groups excluding carboxylic acids is 2. The van der Waals surface area contributed by atoms with Crippen molar-refractivity contribution in [2.75, 3.05) is 51.2 Å². The third kappa shape index (κ3) is 5.73. The maximum atomic E-state index is 13.2. The molecule has 2 amide bonds. The smallest absolute Gasteiger partial charge is 0.258 e. The molecule has 2 aliphatic heterocycles. The Bertz CT molecular complexity index is 1550. The lowest BCUT2D eigenvalue weighted by atomic mass is 9.97. The number of fused-ring (bicyclic) bond motifs is 1. The molecule has 1 saturated heterocycles. The maximum Gasteiger partial charge on any atom is 0.258 e. The summed E-state index contributed by atoms with van der Waals surface area (Å²) >= 11 is 0. The van der Waals surface area contributed by atoms with Crippen molar-refractivity contribution in [2.24, 2.45) is 5.92 Å². The van der Waals surface area contributed by atoms with E-state index in [-0.39, 0.29) is 35.7 Å². The lowest BCUT2D eigenvalue weighted by Crippen LogP contribution is -2.41. The number of rotatable bonds is 8. The van der Waals surface area contributed by atoms with Crippen molar-refractivity contribution in [3.05, 3.63) is 71.8 Å². The zero-order valence-electron chi connectivity index (χ0n) is 23.3. The molecule has 0 spiro atoms. The van der Waals surface area contributed by atoms with Crippen LogP contribution in [0.4, 0.5) is 11.4 Å². The van der Waals surface area contributed by atoms with E-state index < -0.39 is 10.0 Å². The molecule has 3 aromatic carbocycles. The van der Waals surface area contributed by atoms with Crippen LogP contribution in [-0.4, -0.2) is 65.5 Å². The van der Waals surface area contributed by atoms with Gasteiger partial charge in [0.05, 0.1) is 26.2 Å². The molecule has 1 N–H and O–H groups in total. The Balaban J connectivity index is 1.22. The van der Waals surface area contributed by atoms with Gasteiger partial charge in [-0.05, 0) is 73.4 Å². The molecule has 10 nitrogen and oxygen atoms in total. The molecule has 0 radical (unpaired) electrons. The molecule has 1 fully saturated rings. The number of hydrogen-bond acceptors (Lipinski definition) is 7. The minimum Gasteiger partial charge on any atom is -0.497 e. The van der Waals surface area contributed by atoms with Crippen molar-refractivity contribution in [3.63, 3.8) is 0 Å². The lowest BCUT2D eigenvalue weighted by Gasteiger charge is -2.30. The predicted molar refractivity (Wildman–Crippen MR) is 154 cm³/mol. The van der Waals surface area contributed by atoms with Gasteiger partial charge >= 0.3 is 0 Å². The second-order valence-electron chi connectivity index (χ2n) is 9.96. The minimum atomic E-state index is -3.75. The first-order valence-electron chi connectivity index (χ1n) is 13.4. The Morgan fingerprint density at radius 1 is 0.829 bits per heavy atom. The summed E-state index contributed by atoms with van der Waals surface area (Å²) in [5.41, 5.74) is 2.98. The highest BCUT2D eigenvalue weighted by Gasteiger charge is 2.33. The quantitative estimate of drug-likeness (QED) is 0.430. The number of sulfonamides is 1. The second kappa shape index (κ2) is 11.8. The molecule has 5 rings (SSSR count). The number of nitrogens with zero attached hydrogens (tertiary/aromatic N) is 2. The highest BCUT2D eigenvalue weighted by Crippen LogP contribution is 2.34. The van der Waals surface area contributed by atoms with Crippen LogP contribution in [0.1, 0.15) is 28.8 Å². The van der Waals surface area contributed by atoms with Gasteiger partial charge in [0.2, 0.25) is 15.9 Å². The average molecular weight is 580 g/mol. The molecule has 0 atom stereocenters. The number of anilines is 2. The number of benzene rings is 3. The molecule has 0 aliphatic carbocycles. The standard InChI is InChI=1S/C30H33N3O7S/c1-38-24-8-5-22(6-9-24)30(35)33-17-14-20-4-7-23(18-26(20)33)31-29(34)21-12-15-32(16-13-21)41(36,37)25-10-11-27(39-2)28(19-25)40-3/h4-11,18-19,21H,12-17H2,1-3H3,(H,31,34). The summed E-state index contributed by atoms with van der Waals surface area (Å²) in [5.74, 6) is 0.843. The zero-order valence-corrected chi connectivity index (χ0v) is 24.1. The molecule has 11 heteroatoms. The van der Waals surface area contributed by atoms with Crippen molar-refractivity contribution in [3.8, 4) is 17.2 Å². The molecular formula is C30H33N3O7S. The van der Waals surface area contributed by atoms with Crippen LogP contribution in [0, 0.1) is 5.92 Å². The van der Waals surface area contributed by atoms with E-state index in [0.717, 1.165) is 17.7 Å². The van der Waals surface area contributed by atoms with Gasteiger partial charge in [-0.1, -0.05) is 6.07 Å². The summed E-state index contributed by atoms with van der Waals surface area (Å²) in [5, 5.41) is 2.98. The molecule has 0 bridgehead atoms. The van der Waals surface area contributed by atoms with Crippen LogP contribution in [-0.2, 0) is 21.2 Å². The molecule has 3 aromatic rings. The minimum absolute atomic E-state index is 0.113. The fraction of sp³-hybridized carbons (Fsp3) is 0.333. The molecule has 0 saturated carbocycles. The highest BCUT2D eigenvalue weighted by molar-refractivity contribution is 7.89. The fourth-order valence-corrected chi connectivity index (χ4v) is 6.77. The van der Waals surface area contributed by atoms with Gasteiger partial charge in [-0.3, -0.25) is 9.59 Å². The monoisotopic (exact) mass is 579 g/mol. The van der Waals surface area contributed by atoms with E-state index in [2.05, 4.69) is 5.32 Å². The predicted octanol–water partition coefficient (Wildman–Crippen LogP) is 3.95. The van der Waals surface area contributed by atoms with Crippen molar-refractivity contribution in [2.45, 2.75) is 24.2 Å². The Morgan fingerprint density at radius 3 is 2.20 bits per heavy atom. The summed E-state index contributed by atoms with van der Waals surface area (Å²) in [6, 6.07) is 17.1. The summed E-state index contributed by atoms with van der Waals surface area (Å²) in [7, 11) is 0.767. The normalized spacial score (nSPS) is 15.7. The average Bonchev–Trinajstić information content (AvgIpc) is 3.43. The zero-order chi connectivity index (χ0) is 29.1. The largest absolute Gasteiger partial charge is 0.497 e. The van der Waals surface area contributed by atoms with Crippen molar-refractivity contribution < 1.29 is 32.2 Å². The molecule has 0 unspecified atom stereocenters. The van der Waals surface area contributed by atoms with Crippen molar-refractivity contribution >= 4 is 33.2 Å². The highest BCUT2D eigenvalue weighted by atomic mass is 32.2. The number of amides is 2. The first kappa shape index (κ1) is 28.4. The van der Waals surface area contributed by atoms with Crippen molar-refractivity contribution in [1.29, 1.82) is 0 Å². The van der Waals surface area contributed by atoms with Gasteiger partial charge in [0.1, 0.15) is 5.75 Å². The number of piperidine rings is 1. The van der Waals surface area contributed by atoms with Crippen LogP contribution >= 0.6 is 0 Å². The Kier molecular flexibility index (Phi) is 8.18. The number of methoxy groups -OCH3 is 3. The molecule has 216 valence electrons. The van der Waals surface area contributed by atoms with E-state index in [0.29, 0.717) is 47.9 Å². The van der Waals surface area contributed by atoms with E-state index in [1.54, 1.807) is 42.3 Å². The SMILES string of the molecule is COc1ccc(C(=O)N2CCc3ccc(NC(=O)C4CCN(S(=O)(=O)c5ccc(OC)c(OC)c5)CC4)cc32)cc1. The van der Waals surface area contributed by atoms with Crippen LogP contribution in [0.15, 0.2) is 65.6 Å². The molecule has 0 aromatic heterocycles. The first-order valence-corrected chi connectivity index (χ1v) is 14.8. The Morgan fingerprint density at radius 2 is 1.54 bits per heavy atom. The molecule has 41 heavy (non-hydrogen) atoms. The number of nitrogens with one attached hydrogen (secondary N) is 1. The summed E-state index contributed by atoms with van der Waals surface area (Å²) in [6.07, 6.45) is 1.52. The Hall–Kier alpha value is -4.09. The van der Waals surface area contributed by atoms with Gasteiger partial charge < -0.3 is 24.4 Å². The number of ether oxygens (including phenoxy) is 3. The van der Waals surface area contributed by atoms with Gasteiger partial charge in [-0.25, -0.2) is 8.42 Å². The number of carbonyl (C=O) groups is 2. The van der Waals surface area contributed by atoms with E-state index in [1.165, 1.54) is 30.7 Å². The topological polar surface area (TPSA) is 114 Å². The van der Waals surface area contributed by atoms with Gasteiger partial charge in [0.15, 0.2) is 11.5 Å². The second-order valence-corrected chi connectivity index (χ2v) is 11.9. The Labute approximate surface area is 239 Å². The first-order chi connectivity index (χ1) is 19.7. The lowest BCUT2D eigenvalue weighted by molar-refractivity contribution is -0.120. The molecule has 2 heterocycles. The third-order valence-corrected chi connectivity index (χ3v) is 9.54. The maximum absolute atomic E-state index is 13.2.